The molecule has 2 nitrogen and oxygen atoms in total. The molecule has 0 aromatic heterocycles. The van der Waals surface area contributed by atoms with E-state index in [2.05, 4.69) is 19.2 Å². The Morgan fingerprint density at radius 3 is 2.62 bits per heavy atom. The third-order valence-corrected chi connectivity index (χ3v) is 2.41. The molecule has 0 unspecified atom stereocenters. The standard InChI is InChI=1S/C11H21NO/c1-9(2)3-6-11(13)7-8-12-10-4-5-10/h9-10,12H,3-8H2,1-2H3. The van der Waals surface area contributed by atoms with E-state index >= 15 is 0 Å². The van der Waals surface area contributed by atoms with E-state index in [1.165, 1.54) is 12.8 Å². The summed E-state index contributed by atoms with van der Waals surface area (Å²) in [6.07, 6.45) is 5.15. The molecule has 0 aromatic rings. The number of ketones is 1. The summed E-state index contributed by atoms with van der Waals surface area (Å²) in [5.41, 5.74) is 0. The lowest BCUT2D eigenvalue weighted by atomic mass is 10.0. The highest BCUT2D eigenvalue weighted by atomic mass is 16.1. The quantitative estimate of drug-likeness (QED) is 0.655. The van der Waals surface area contributed by atoms with Crippen LogP contribution in [-0.2, 0) is 4.79 Å². The molecule has 0 bridgehead atoms. The van der Waals surface area contributed by atoms with E-state index in [-0.39, 0.29) is 0 Å². The van der Waals surface area contributed by atoms with Gasteiger partial charge < -0.3 is 5.32 Å². The molecule has 0 aromatic carbocycles. The lowest BCUT2D eigenvalue weighted by Crippen LogP contribution is -2.20. The van der Waals surface area contributed by atoms with E-state index < -0.39 is 0 Å². The smallest absolute Gasteiger partial charge is 0.134 e. The van der Waals surface area contributed by atoms with E-state index in [0.29, 0.717) is 11.7 Å². The van der Waals surface area contributed by atoms with Crippen molar-refractivity contribution in [3.8, 4) is 0 Å². The Kier molecular flexibility index (Phi) is 4.43. The number of carbonyl (C=O) groups is 1. The van der Waals surface area contributed by atoms with Crippen LogP contribution in [-0.4, -0.2) is 18.4 Å². The fourth-order valence-corrected chi connectivity index (χ4v) is 1.28. The summed E-state index contributed by atoms with van der Waals surface area (Å²) in [4.78, 5) is 11.3. The number of Topliss-reactive ketones (excluding diaryl/α,β-unsaturated/α-hetero) is 1. The van der Waals surface area contributed by atoms with Crippen molar-refractivity contribution in [2.24, 2.45) is 5.92 Å². The molecule has 0 aliphatic heterocycles. The first-order valence-electron chi connectivity index (χ1n) is 5.43. The maximum Gasteiger partial charge on any atom is 0.134 e. The maximum absolute atomic E-state index is 11.3. The summed E-state index contributed by atoms with van der Waals surface area (Å²) in [6.45, 7) is 5.22. The molecule has 1 N–H and O–H groups in total. The lowest BCUT2D eigenvalue weighted by Gasteiger charge is -2.04. The molecule has 0 radical (unpaired) electrons. The maximum atomic E-state index is 11.3. The SMILES string of the molecule is CC(C)CCC(=O)CCNC1CC1. The molecular formula is C11H21NO. The fourth-order valence-electron chi connectivity index (χ4n) is 1.28. The molecule has 1 aliphatic rings. The second-order valence-corrected chi connectivity index (χ2v) is 4.45. The van der Waals surface area contributed by atoms with Gasteiger partial charge in [-0.1, -0.05) is 13.8 Å². The van der Waals surface area contributed by atoms with Crippen LogP contribution in [0.2, 0.25) is 0 Å². The number of rotatable bonds is 7. The molecule has 0 heterocycles. The van der Waals surface area contributed by atoms with Crippen LogP contribution in [0.5, 0.6) is 0 Å². The number of carbonyl (C=O) groups excluding carboxylic acids is 1. The Morgan fingerprint density at radius 2 is 2.08 bits per heavy atom. The van der Waals surface area contributed by atoms with Gasteiger partial charge in [0.25, 0.3) is 0 Å². The van der Waals surface area contributed by atoms with Gasteiger partial charge in [-0.25, -0.2) is 0 Å². The minimum Gasteiger partial charge on any atom is -0.314 e. The van der Waals surface area contributed by atoms with Gasteiger partial charge >= 0.3 is 0 Å². The zero-order chi connectivity index (χ0) is 9.68. The zero-order valence-electron chi connectivity index (χ0n) is 8.81. The molecule has 0 amide bonds. The molecule has 1 fully saturated rings. The summed E-state index contributed by atoms with van der Waals surface area (Å²) in [5, 5.41) is 3.35. The van der Waals surface area contributed by atoms with Crippen LogP contribution in [0.25, 0.3) is 0 Å². The topological polar surface area (TPSA) is 29.1 Å². The summed E-state index contributed by atoms with van der Waals surface area (Å²) in [5.74, 6) is 1.07. The molecule has 13 heavy (non-hydrogen) atoms. The second-order valence-electron chi connectivity index (χ2n) is 4.45. The Morgan fingerprint density at radius 1 is 1.38 bits per heavy atom. The highest BCUT2D eigenvalue weighted by Gasteiger charge is 2.19. The normalized spacial score (nSPS) is 16.5. The lowest BCUT2D eigenvalue weighted by molar-refractivity contribution is -0.119. The van der Waals surface area contributed by atoms with Crippen molar-refractivity contribution in [1.29, 1.82) is 0 Å². The van der Waals surface area contributed by atoms with Gasteiger partial charge in [0, 0.05) is 25.4 Å². The molecule has 1 saturated carbocycles. The van der Waals surface area contributed by atoms with Crippen LogP contribution < -0.4 is 5.32 Å². The third-order valence-electron chi connectivity index (χ3n) is 2.41. The Hall–Kier alpha value is -0.370. The first kappa shape index (κ1) is 10.7. The van der Waals surface area contributed by atoms with Crippen LogP contribution in [0, 0.1) is 5.92 Å². The van der Waals surface area contributed by atoms with Gasteiger partial charge in [0.2, 0.25) is 0 Å². The van der Waals surface area contributed by atoms with Crippen LogP contribution in [0.1, 0.15) is 46.0 Å². The van der Waals surface area contributed by atoms with Crippen LogP contribution in [0.4, 0.5) is 0 Å². The van der Waals surface area contributed by atoms with Gasteiger partial charge in [-0.3, -0.25) is 4.79 Å². The Bertz CT molecular complexity index is 161. The largest absolute Gasteiger partial charge is 0.314 e. The van der Waals surface area contributed by atoms with Crippen LogP contribution in [0.3, 0.4) is 0 Å². The molecule has 0 atom stereocenters. The van der Waals surface area contributed by atoms with E-state index in [1.807, 2.05) is 0 Å². The van der Waals surface area contributed by atoms with Crippen molar-refractivity contribution in [3.05, 3.63) is 0 Å². The van der Waals surface area contributed by atoms with Crippen LogP contribution >= 0.6 is 0 Å². The van der Waals surface area contributed by atoms with Crippen molar-refractivity contribution in [3.63, 3.8) is 0 Å². The fraction of sp³-hybridized carbons (Fsp3) is 0.909. The molecule has 1 aliphatic carbocycles. The van der Waals surface area contributed by atoms with Crippen molar-refractivity contribution < 1.29 is 4.79 Å². The summed E-state index contributed by atoms with van der Waals surface area (Å²) >= 11 is 0. The highest BCUT2D eigenvalue weighted by molar-refractivity contribution is 5.78. The minimum absolute atomic E-state index is 0.418. The van der Waals surface area contributed by atoms with Gasteiger partial charge in [0.1, 0.15) is 5.78 Å². The Labute approximate surface area is 81.1 Å². The average molecular weight is 183 g/mol. The minimum atomic E-state index is 0.418. The number of hydrogen-bond acceptors (Lipinski definition) is 2. The summed E-state index contributed by atoms with van der Waals surface area (Å²) in [7, 11) is 0. The first-order valence-corrected chi connectivity index (χ1v) is 5.43. The summed E-state index contributed by atoms with van der Waals surface area (Å²) < 4.78 is 0. The van der Waals surface area contributed by atoms with E-state index in [0.717, 1.165) is 31.8 Å². The molecule has 2 heteroatoms. The monoisotopic (exact) mass is 183 g/mol. The molecule has 1 rings (SSSR count). The van der Waals surface area contributed by atoms with Crippen LogP contribution in [0.15, 0.2) is 0 Å². The predicted molar refractivity (Wildman–Crippen MR) is 54.7 cm³/mol. The predicted octanol–water partition coefficient (Wildman–Crippen LogP) is 2.13. The number of nitrogens with one attached hydrogen (secondary N) is 1. The molecular weight excluding hydrogens is 162 g/mol. The third kappa shape index (κ3) is 5.81. The summed E-state index contributed by atoms with van der Waals surface area (Å²) in [6, 6.07) is 0.734. The van der Waals surface area contributed by atoms with Gasteiger partial charge in [-0.05, 0) is 25.2 Å². The van der Waals surface area contributed by atoms with Gasteiger partial charge in [0.05, 0.1) is 0 Å². The molecule has 0 spiro atoms. The van der Waals surface area contributed by atoms with Crippen molar-refractivity contribution in [1.82, 2.24) is 5.32 Å². The van der Waals surface area contributed by atoms with E-state index in [1.54, 1.807) is 0 Å². The van der Waals surface area contributed by atoms with Crippen molar-refractivity contribution >= 4 is 5.78 Å². The highest BCUT2D eigenvalue weighted by Crippen LogP contribution is 2.18. The average Bonchev–Trinajstić information content (AvgIpc) is 2.84. The second kappa shape index (κ2) is 5.38. The zero-order valence-corrected chi connectivity index (χ0v) is 8.81. The Balaban J connectivity index is 1.90. The van der Waals surface area contributed by atoms with Gasteiger partial charge in [0.15, 0.2) is 0 Å². The van der Waals surface area contributed by atoms with Crippen molar-refractivity contribution in [2.75, 3.05) is 6.54 Å². The van der Waals surface area contributed by atoms with Crippen molar-refractivity contribution in [2.45, 2.75) is 52.0 Å². The van der Waals surface area contributed by atoms with E-state index in [4.69, 9.17) is 0 Å². The van der Waals surface area contributed by atoms with Gasteiger partial charge in [-0.15, -0.1) is 0 Å². The first-order chi connectivity index (χ1) is 6.18. The van der Waals surface area contributed by atoms with E-state index in [9.17, 15) is 4.79 Å². The molecule has 0 saturated heterocycles. The number of hydrogen-bond donors (Lipinski definition) is 1. The van der Waals surface area contributed by atoms with Gasteiger partial charge in [-0.2, -0.15) is 0 Å². The molecule has 76 valence electrons.